The predicted molar refractivity (Wildman–Crippen MR) is 124 cm³/mol. The van der Waals surface area contributed by atoms with Crippen molar-refractivity contribution in [2.45, 2.75) is 38.6 Å². The second-order valence-electron chi connectivity index (χ2n) is 8.06. The van der Waals surface area contributed by atoms with Crippen molar-refractivity contribution < 1.29 is 5.21 Å². The van der Waals surface area contributed by atoms with E-state index in [-0.39, 0.29) is 11.5 Å². The fourth-order valence-corrected chi connectivity index (χ4v) is 4.18. The van der Waals surface area contributed by atoms with Crippen LogP contribution in [-0.2, 0) is 6.54 Å². The Labute approximate surface area is 185 Å². The van der Waals surface area contributed by atoms with E-state index in [2.05, 4.69) is 52.3 Å². The summed E-state index contributed by atoms with van der Waals surface area (Å²) in [5.74, 6) is 0.629. The van der Waals surface area contributed by atoms with Crippen LogP contribution in [0.5, 0.6) is 0 Å². The molecule has 1 aliphatic carbocycles. The third kappa shape index (κ3) is 4.73. The summed E-state index contributed by atoms with van der Waals surface area (Å²) in [6.45, 7) is 2.84. The molecule has 1 aromatic heterocycles. The smallest absolute Gasteiger partial charge is 0.250 e. The highest BCUT2D eigenvalue weighted by Crippen LogP contribution is 2.33. The van der Waals surface area contributed by atoms with Gasteiger partial charge in [-0.05, 0) is 60.6 Å². The molecule has 1 N–H and O–H groups in total. The molecule has 30 heavy (non-hydrogen) atoms. The van der Waals surface area contributed by atoms with Crippen molar-refractivity contribution in [1.29, 1.82) is 0 Å². The van der Waals surface area contributed by atoms with Gasteiger partial charge in [0.15, 0.2) is 0 Å². The van der Waals surface area contributed by atoms with E-state index in [1.54, 1.807) is 16.7 Å². The number of oxime groups is 1. The zero-order valence-electron chi connectivity index (χ0n) is 17.0. The summed E-state index contributed by atoms with van der Waals surface area (Å²) in [4.78, 5) is 12.2. The van der Waals surface area contributed by atoms with Crippen molar-refractivity contribution in [2.75, 3.05) is 0 Å². The molecule has 1 unspecified atom stereocenters. The van der Waals surface area contributed by atoms with Crippen LogP contribution in [-0.4, -0.2) is 15.5 Å². The molecular weight excluding hydrogens is 440 g/mol. The van der Waals surface area contributed by atoms with Crippen molar-refractivity contribution in [2.24, 2.45) is 11.1 Å². The normalized spacial score (nSPS) is 15.2. The fraction of sp³-hybridized carbons (Fsp3) is 0.280. The van der Waals surface area contributed by atoms with Gasteiger partial charge < -0.3 is 9.77 Å². The lowest BCUT2D eigenvalue weighted by Crippen LogP contribution is -2.22. The Morgan fingerprint density at radius 1 is 1.13 bits per heavy atom. The maximum absolute atomic E-state index is 12.2. The summed E-state index contributed by atoms with van der Waals surface area (Å²) >= 11 is 3.51. The van der Waals surface area contributed by atoms with Crippen LogP contribution in [0.15, 0.2) is 81.3 Å². The monoisotopic (exact) mass is 464 g/mol. The number of pyridine rings is 1. The number of hydrogen-bond donors (Lipinski definition) is 1. The number of halogens is 1. The summed E-state index contributed by atoms with van der Waals surface area (Å²) in [5, 5.41) is 13.5. The number of aryl methyl sites for hydroxylation is 1. The second kappa shape index (κ2) is 9.00. The van der Waals surface area contributed by atoms with Gasteiger partial charge in [0.2, 0.25) is 0 Å². The first kappa shape index (κ1) is 20.6. The molecule has 2 aromatic carbocycles. The third-order valence-electron chi connectivity index (χ3n) is 5.82. The zero-order valence-corrected chi connectivity index (χ0v) is 18.5. The number of hydrogen-bond acceptors (Lipinski definition) is 3. The van der Waals surface area contributed by atoms with Gasteiger partial charge in [0.25, 0.3) is 5.56 Å². The summed E-state index contributed by atoms with van der Waals surface area (Å²) in [6, 6.07) is 19.9. The summed E-state index contributed by atoms with van der Waals surface area (Å²) in [5.41, 5.74) is 4.91. The molecule has 5 heteroatoms. The van der Waals surface area contributed by atoms with Crippen molar-refractivity contribution in [1.82, 2.24) is 4.57 Å². The number of benzene rings is 2. The van der Waals surface area contributed by atoms with Crippen molar-refractivity contribution >= 4 is 21.6 Å². The van der Waals surface area contributed by atoms with E-state index in [9.17, 15) is 10.0 Å². The molecule has 1 fully saturated rings. The van der Waals surface area contributed by atoms with E-state index < -0.39 is 0 Å². The van der Waals surface area contributed by atoms with Crippen LogP contribution >= 0.6 is 15.9 Å². The Morgan fingerprint density at radius 3 is 2.53 bits per heavy atom. The van der Waals surface area contributed by atoms with Crippen molar-refractivity contribution in [3.8, 4) is 0 Å². The standard InChI is InChI=1S/C25H25BrN2O2/c1-17-4-2-3-5-22(17)23(19-8-11-21(26)12-9-19)14-24(27-30)20-10-13-25(29)28(16-20)15-18-6-7-18/h2-5,8-13,16,18,23,30H,6-7,14-15H2,1H3/b27-24+. The predicted octanol–water partition coefficient (Wildman–Crippen LogP) is 5.73. The SMILES string of the molecule is Cc1ccccc1C(C/C(=N\O)c1ccc(=O)n(CC2CC2)c1)c1ccc(Br)cc1. The molecule has 0 saturated heterocycles. The number of rotatable bonds is 7. The molecule has 1 atom stereocenters. The van der Waals surface area contributed by atoms with Crippen molar-refractivity contribution in [3.63, 3.8) is 0 Å². The maximum Gasteiger partial charge on any atom is 0.250 e. The lowest BCUT2D eigenvalue weighted by Gasteiger charge is -2.21. The van der Waals surface area contributed by atoms with Crippen LogP contribution in [0.25, 0.3) is 0 Å². The van der Waals surface area contributed by atoms with Gasteiger partial charge >= 0.3 is 0 Å². The average Bonchev–Trinajstić information content (AvgIpc) is 3.57. The van der Waals surface area contributed by atoms with Gasteiger partial charge in [-0.2, -0.15) is 0 Å². The lowest BCUT2D eigenvalue weighted by molar-refractivity contribution is 0.317. The minimum atomic E-state index is -0.00805. The Hall–Kier alpha value is -2.66. The first-order valence-electron chi connectivity index (χ1n) is 10.3. The van der Waals surface area contributed by atoms with Crippen LogP contribution < -0.4 is 5.56 Å². The fourth-order valence-electron chi connectivity index (χ4n) is 3.91. The van der Waals surface area contributed by atoms with Gasteiger partial charge in [-0.15, -0.1) is 0 Å². The van der Waals surface area contributed by atoms with Crippen LogP contribution in [0.1, 0.15) is 47.4 Å². The Balaban J connectivity index is 1.70. The summed E-state index contributed by atoms with van der Waals surface area (Å²) in [7, 11) is 0. The maximum atomic E-state index is 12.2. The molecule has 4 rings (SSSR count). The summed E-state index contributed by atoms with van der Waals surface area (Å²) < 4.78 is 2.78. The average molecular weight is 465 g/mol. The Kier molecular flexibility index (Phi) is 6.18. The highest BCUT2D eigenvalue weighted by molar-refractivity contribution is 9.10. The first-order valence-corrected chi connectivity index (χ1v) is 11.1. The molecule has 4 nitrogen and oxygen atoms in total. The van der Waals surface area contributed by atoms with Gasteiger partial charge in [-0.25, -0.2) is 0 Å². The van der Waals surface area contributed by atoms with Crippen molar-refractivity contribution in [3.05, 3.63) is 104 Å². The minimum absolute atomic E-state index is 0.00805. The highest BCUT2D eigenvalue weighted by Gasteiger charge is 2.23. The quantitative estimate of drug-likeness (QED) is 0.275. The molecule has 0 amide bonds. The third-order valence-corrected chi connectivity index (χ3v) is 6.35. The molecule has 1 saturated carbocycles. The lowest BCUT2D eigenvalue weighted by atomic mass is 9.83. The van der Waals surface area contributed by atoms with E-state index in [0.29, 0.717) is 18.1 Å². The van der Waals surface area contributed by atoms with E-state index in [1.165, 1.54) is 24.0 Å². The molecule has 1 heterocycles. The van der Waals surface area contributed by atoms with Gasteiger partial charge in [-0.1, -0.05) is 57.5 Å². The van der Waals surface area contributed by atoms with E-state index >= 15 is 0 Å². The minimum Gasteiger partial charge on any atom is -0.411 e. The van der Waals surface area contributed by atoms with Crippen LogP contribution in [0.3, 0.4) is 0 Å². The van der Waals surface area contributed by atoms with E-state index in [4.69, 9.17) is 0 Å². The van der Waals surface area contributed by atoms with Crippen LogP contribution in [0, 0.1) is 12.8 Å². The van der Waals surface area contributed by atoms with Crippen LogP contribution in [0.4, 0.5) is 0 Å². The molecule has 0 radical (unpaired) electrons. The first-order chi connectivity index (χ1) is 14.5. The van der Waals surface area contributed by atoms with E-state index in [1.807, 2.05) is 30.5 Å². The number of nitrogens with zero attached hydrogens (tertiary/aromatic N) is 2. The van der Waals surface area contributed by atoms with Gasteiger partial charge in [0.05, 0.1) is 5.71 Å². The Bertz CT molecular complexity index is 1110. The molecule has 0 bridgehead atoms. The second-order valence-corrected chi connectivity index (χ2v) is 8.98. The largest absolute Gasteiger partial charge is 0.411 e. The highest BCUT2D eigenvalue weighted by atomic mass is 79.9. The van der Waals surface area contributed by atoms with Gasteiger partial charge in [0, 0.05) is 41.2 Å². The zero-order chi connectivity index (χ0) is 21.1. The molecule has 0 spiro atoms. The van der Waals surface area contributed by atoms with Crippen LogP contribution in [0.2, 0.25) is 0 Å². The Morgan fingerprint density at radius 2 is 1.87 bits per heavy atom. The van der Waals surface area contributed by atoms with E-state index in [0.717, 1.165) is 22.1 Å². The molecule has 154 valence electrons. The van der Waals surface area contributed by atoms with Gasteiger partial charge in [0.1, 0.15) is 0 Å². The molecule has 0 aliphatic heterocycles. The summed E-state index contributed by atoms with van der Waals surface area (Å²) in [6.07, 6.45) is 4.73. The topological polar surface area (TPSA) is 54.6 Å². The molecule has 3 aromatic rings. The molecular formula is C25H25BrN2O2. The van der Waals surface area contributed by atoms with Gasteiger partial charge in [-0.3, -0.25) is 4.79 Å². The number of aromatic nitrogens is 1. The molecule has 1 aliphatic rings.